The predicted molar refractivity (Wildman–Crippen MR) is 129 cm³/mol. The van der Waals surface area contributed by atoms with Gasteiger partial charge >= 0.3 is 0 Å². The predicted octanol–water partition coefficient (Wildman–Crippen LogP) is 7.37. The molecule has 0 unspecified atom stereocenters. The standard InChI is InChI=1S/C23H30N.C5H8O2.Ir/c1-2-3-4-5-6-7-12-19-16-17-22(23-15-10-11-18-24-23)21-14-9-8-13-20(19)21;1-4(6)3-5(2)7;/h10-11,15-16,18H,2-9,12-14H2,1H3;3,6H,1-2H3;/q-1;;/b;4-3-;. The summed E-state index contributed by atoms with van der Waals surface area (Å²) < 4.78 is 0. The number of hydrogen-bond donors (Lipinski definition) is 1. The molecule has 1 heterocycles. The summed E-state index contributed by atoms with van der Waals surface area (Å²) in [4.78, 5) is 14.6. The number of carbonyl (C=O) groups is 1. The molecule has 1 aromatic heterocycles. The van der Waals surface area contributed by atoms with Crippen molar-refractivity contribution in [2.24, 2.45) is 0 Å². The Balaban J connectivity index is 0.000000558. The van der Waals surface area contributed by atoms with Crippen molar-refractivity contribution >= 4 is 5.78 Å². The van der Waals surface area contributed by atoms with Gasteiger partial charge < -0.3 is 10.1 Å². The average molecular weight is 613 g/mol. The van der Waals surface area contributed by atoms with Gasteiger partial charge in [0.05, 0.1) is 5.76 Å². The second-order valence-corrected chi connectivity index (χ2v) is 8.48. The molecule has 0 bridgehead atoms. The molecule has 2 aromatic rings. The average Bonchev–Trinajstić information content (AvgIpc) is 2.76. The van der Waals surface area contributed by atoms with E-state index in [1.54, 1.807) is 11.1 Å². The molecular formula is C28H38IrNO2-. The van der Waals surface area contributed by atoms with Crippen LogP contribution in [0.5, 0.6) is 0 Å². The van der Waals surface area contributed by atoms with Crippen molar-refractivity contribution in [1.29, 1.82) is 0 Å². The molecule has 177 valence electrons. The zero-order valence-electron chi connectivity index (χ0n) is 19.9. The van der Waals surface area contributed by atoms with Crippen LogP contribution in [0.15, 0.2) is 42.3 Å². The smallest absolute Gasteiger partial charge is 0.155 e. The van der Waals surface area contributed by atoms with Crippen LogP contribution >= 0.6 is 0 Å². The molecule has 0 fully saturated rings. The van der Waals surface area contributed by atoms with E-state index in [4.69, 9.17) is 5.11 Å². The number of aliphatic hydroxyl groups excluding tert-OH is 1. The molecule has 3 nitrogen and oxygen atoms in total. The van der Waals surface area contributed by atoms with Gasteiger partial charge in [0.25, 0.3) is 0 Å². The molecule has 1 aromatic carbocycles. The first-order valence-electron chi connectivity index (χ1n) is 11.9. The van der Waals surface area contributed by atoms with Crippen molar-refractivity contribution in [3.05, 3.63) is 65.1 Å². The van der Waals surface area contributed by atoms with Gasteiger partial charge in [0.15, 0.2) is 5.78 Å². The van der Waals surface area contributed by atoms with Crippen molar-refractivity contribution in [3.8, 4) is 11.3 Å². The molecule has 3 rings (SSSR count). The van der Waals surface area contributed by atoms with Crippen molar-refractivity contribution in [2.75, 3.05) is 0 Å². The zero-order chi connectivity index (χ0) is 22.5. The van der Waals surface area contributed by atoms with Gasteiger partial charge in [-0.15, -0.1) is 34.4 Å². The summed E-state index contributed by atoms with van der Waals surface area (Å²) in [5.41, 5.74) is 7.04. The summed E-state index contributed by atoms with van der Waals surface area (Å²) >= 11 is 0. The number of nitrogens with zero attached hydrogens (tertiary/aromatic N) is 1. The van der Waals surface area contributed by atoms with E-state index in [0.29, 0.717) is 0 Å². The summed E-state index contributed by atoms with van der Waals surface area (Å²) in [6.07, 6.45) is 17.6. The molecule has 32 heavy (non-hydrogen) atoms. The SMILES string of the molecule is CC(=O)/C=C(/C)O.CCCCCCCCc1c[c-]c(-c2ccccn2)c2c1CCCC2.[Ir]. The molecule has 0 atom stereocenters. The maximum absolute atomic E-state index is 10.0. The number of hydrogen-bond acceptors (Lipinski definition) is 3. The Morgan fingerprint density at radius 1 is 1.06 bits per heavy atom. The molecular weight excluding hydrogens is 575 g/mol. The van der Waals surface area contributed by atoms with Crippen LogP contribution in [0.25, 0.3) is 11.3 Å². The number of aryl methyl sites for hydroxylation is 1. The molecule has 1 radical (unpaired) electrons. The van der Waals surface area contributed by atoms with E-state index >= 15 is 0 Å². The molecule has 0 amide bonds. The fourth-order valence-corrected chi connectivity index (χ4v) is 4.22. The molecule has 0 saturated heterocycles. The second-order valence-electron chi connectivity index (χ2n) is 8.48. The monoisotopic (exact) mass is 613 g/mol. The molecule has 1 N–H and O–H groups in total. The third-order valence-electron chi connectivity index (χ3n) is 5.68. The Morgan fingerprint density at radius 2 is 1.75 bits per heavy atom. The fraction of sp³-hybridized carbons (Fsp3) is 0.500. The van der Waals surface area contributed by atoms with E-state index in [2.05, 4.69) is 36.2 Å². The van der Waals surface area contributed by atoms with Gasteiger partial charge in [0.1, 0.15) is 0 Å². The van der Waals surface area contributed by atoms with Crippen LogP contribution in [0.2, 0.25) is 0 Å². The Bertz CT molecular complexity index is 842. The van der Waals surface area contributed by atoms with Crippen molar-refractivity contribution in [1.82, 2.24) is 4.98 Å². The molecule has 4 heteroatoms. The molecule has 0 spiro atoms. The van der Waals surface area contributed by atoms with Gasteiger partial charge in [0.2, 0.25) is 0 Å². The number of fused-ring (bicyclic) bond motifs is 1. The van der Waals surface area contributed by atoms with E-state index in [1.807, 2.05) is 12.3 Å². The number of unbranched alkanes of at least 4 members (excludes halogenated alkanes) is 5. The third-order valence-corrected chi connectivity index (χ3v) is 5.68. The summed E-state index contributed by atoms with van der Waals surface area (Å²) in [5.74, 6) is -0.0625. The molecule has 0 aliphatic heterocycles. The Morgan fingerprint density at radius 3 is 2.34 bits per heavy atom. The van der Waals surface area contributed by atoms with Crippen LogP contribution in [-0.2, 0) is 44.2 Å². The van der Waals surface area contributed by atoms with Gasteiger partial charge in [-0.1, -0.05) is 83.3 Å². The normalized spacial score (nSPS) is 12.8. The zero-order valence-corrected chi connectivity index (χ0v) is 22.3. The number of rotatable bonds is 9. The molecule has 1 aliphatic rings. The van der Waals surface area contributed by atoms with E-state index < -0.39 is 0 Å². The van der Waals surface area contributed by atoms with E-state index in [9.17, 15) is 4.79 Å². The minimum atomic E-state index is -0.125. The third kappa shape index (κ3) is 9.79. The van der Waals surface area contributed by atoms with Crippen LogP contribution in [0.4, 0.5) is 0 Å². The van der Waals surface area contributed by atoms with E-state index in [0.717, 1.165) is 5.69 Å². The van der Waals surface area contributed by atoms with Gasteiger partial charge in [-0.25, -0.2) is 0 Å². The van der Waals surface area contributed by atoms with E-state index in [1.165, 1.54) is 102 Å². The maximum atomic E-state index is 10.0. The summed E-state index contributed by atoms with van der Waals surface area (Å²) in [7, 11) is 0. The summed E-state index contributed by atoms with van der Waals surface area (Å²) in [6, 6.07) is 12.0. The molecule has 0 saturated carbocycles. The van der Waals surface area contributed by atoms with Gasteiger partial charge in [0, 0.05) is 32.4 Å². The van der Waals surface area contributed by atoms with Crippen molar-refractivity contribution in [3.63, 3.8) is 0 Å². The number of ketones is 1. The quantitative estimate of drug-likeness (QED) is 0.139. The molecule has 1 aliphatic carbocycles. The van der Waals surface area contributed by atoms with E-state index in [-0.39, 0.29) is 31.6 Å². The summed E-state index contributed by atoms with van der Waals surface area (Å²) in [5, 5.41) is 8.36. The largest absolute Gasteiger partial charge is 0.512 e. The van der Waals surface area contributed by atoms with Crippen molar-refractivity contribution in [2.45, 2.75) is 91.4 Å². The number of benzene rings is 1. The first-order chi connectivity index (χ1) is 15.0. The van der Waals surface area contributed by atoms with Crippen LogP contribution in [0.1, 0.15) is 88.8 Å². The number of aliphatic hydroxyl groups is 1. The van der Waals surface area contributed by atoms with Crippen LogP contribution in [-0.4, -0.2) is 15.9 Å². The van der Waals surface area contributed by atoms with Crippen LogP contribution < -0.4 is 0 Å². The Hall–Kier alpha value is -1.77. The number of aromatic nitrogens is 1. The van der Waals surface area contributed by atoms with Gasteiger partial charge in [-0.3, -0.25) is 4.79 Å². The number of pyridine rings is 1. The topological polar surface area (TPSA) is 50.2 Å². The first kappa shape index (κ1) is 28.3. The minimum Gasteiger partial charge on any atom is -0.512 e. The Kier molecular flexibility index (Phi) is 14.1. The second kappa shape index (κ2) is 15.9. The van der Waals surface area contributed by atoms with Crippen LogP contribution in [0.3, 0.4) is 0 Å². The first-order valence-corrected chi connectivity index (χ1v) is 11.9. The minimum absolute atomic E-state index is 0. The number of allylic oxidation sites excluding steroid dienone is 2. The van der Waals surface area contributed by atoms with Gasteiger partial charge in [-0.05, 0) is 32.0 Å². The van der Waals surface area contributed by atoms with Crippen molar-refractivity contribution < 1.29 is 30.0 Å². The fourth-order valence-electron chi connectivity index (χ4n) is 4.22. The number of carbonyl (C=O) groups excluding carboxylic acids is 1. The van der Waals surface area contributed by atoms with Crippen LogP contribution in [0, 0.1) is 6.07 Å². The Labute approximate surface area is 208 Å². The maximum Gasteiger partial charge on any atom is 0.155 e. The summed E-state index contributed by atoms with van der Waals surface area (Å²) in [6.45, 7) is 5.13. The van der Waals surface area contributed by atoms with Gasteiger partial charge in [-0.2, -0.15) is 0 Å².